The van der Waals surface area contributed by atoms with Crippen LogP contribution >= 0.6 is 0 Å². The van der Waals surface area contributed by atoms with Crippen molar-refractivity contribution in [2.24, 2.45) is 0 Å². The van der Waals surface area contributed by atoms with Gasteiger partial charge in [0.25, 0.3) is 0 Å². The standard InChI is InChI=1S/C15H17FN4O3/c16-12-2-1-3-13(11(12)10-17)19-6-8-20(9-7-19)15(23)18-5-4-14(21)22/h1-3H,4-9H2,(H,18,23)(H,21,22). The predicted molar refractivity (Wildman–Crippen MR) is 80.6 cm³/mol. The van der Waals surface area contributed by atoms with Crippen LogP contribution in [0.2, 0.25) is 0 Å². The Bertz CT molecular complexity index is 636. The number of nitriles is 1. The first-order chi connectivity index (χ1) is 11.0. The van der Waals surface area contributed by atoms with Crippen molar-refractivity contribution in [2.45, 2.75) is 6.42 Å². The van der Waals surface area contributed by atoms with Gasteiger partial charge in [-0.2, -0.15) is 5.26 Å². The normalized spacial score (nSPS) is 14.3. The van der Waals surface area contributed by atoms with Crippen LogP contribution in [-0.2, 0) is 4.79 Å². The molecule has 0 unspecified atom stereocenters. The van der Waals surface area contributed by atoms with Crippen molar-refractivity contribution in [1.82, 2.24) is 10.2 Å². The molecule has 0 spiro atoms. The Morgan fingerprint density at radius 1 is 1.30 bits per heavy atom. The van der Waals surface area contributed by atoms with Gasteiger partial charge >= 0.3 is 12.0 Å². The Morgan fingerprint density at radius 2 is 2.00 bits per heavy atom. The van der Waals surface area contributed by atoms with Crippen molar-refractivity contribution >= 4 is 17.7 Å². The number of nitrogens with one attached hydrogen (secondary N) is 1. The molecule has 0 saturated carbocycles. The predicted octanol–water partition coefficient (Wildman–Crippen LogP) is 1.00. The molecule has 1 aromatic rings. The fourth-order valence-electron chi connectivity index (χ4n) is 2.43. The van der Waals surface area contributed by atoms with Gasteiger partial charge in [-0.05, 0) is 12.1 Å². The highest BCUT2D eigenvalue weighted by Crippen LogP contribution is 2.23. The molecule has 7 nitrogen and oxygen atoms in total. The van der Waals surface area contributed by atoms with Crippen molar-refractivity contribution in [1.29, 1.82) is 5.26 Å². The molecular formula is C15H17FN4O3. The maximum Gasteiger partial charge on any atom is 0.317 e. The molecule has 8 heteroatoms. The van der Waals surface area contributed by atoms with Crippen molar-refractivity contribution in [2.75, 3.05) is 37.6 Å². The van der Waals surface area contributed by atoms with Crippen LogP contribution in [-0.4, -0.2) is 54.7 Å². The zero-order valence-corrected chi connectivity index (χ0v) is 12.5. The number of rotatable bonds is 4. The number of benzene rings is 1. The van der Waals surface area contributed by atoms with Gasteiger partial charge in [0, 0.05) is 32.7 Å². The lowest BCUT2D eigenvalue weighted by Gasteiger charge is -2.36. The Hall–Kier alpha value is -2.82. The molecule has 1 aliphatic heterocycles. The summed E-state index contributed by atoms with van der Waals surface area (Å²) < 4.78 is 13.6. The van der Waals surface area contributed by atoms with E-state index >= 15 is 0 Å². The number of carboxylic acids is 1. The first-order valence-corrected chi connectivity index (χ1v) is 7.21. The minimum Gasteiger partial charge on any atom is -0.481 e. The summed E-state index contributed by atoms with van der Waals surface area (Å²) in [5.74, 6) is -1.52. The molecule has 2 N–H and O–H groups in total. The van der Waals surface area contributed by atoms with Gasteiger partial charge in [-0.25, -0.2) is 9.18 Å². The number of carbonyl (C=O) groups is 2. The van der Waals surface area contributed by atoms with Gasteiger partial charge in [0.1, 0.15) is 17.4 Å². The lowest BCUT2D eigenvalue weighted by Crippen LogP contribution is -2.52. The zero-order valence-electron chi connectivity index (χ0n) is 12.5. The Kier molecular flexibility index (Phi) is 5.36. The number of halogens is 1. The largest absolute Gasteiger partial charge is 0.481 e. The number of hydrogen-bond acceptors (Lipinski definition) is 4. The van der Waals surface area contributed by atoms with Crippen LogP contribution in [0.25, 0.3) is 0 Å². The van der Waals surface area contributed by atoms with E-state index in [1.807, 2.05) is 11.0 Å². The van der Waals surface area contributed by atoms with E-state index in [0.717, 1.165) is 0 Å². The maximum absolute atomic E-state index is 13.6. The van der Waals surface area contributed by atoms with Crippen LogP contribution < -0.4 is 10.2 Å². The van der Waals surface area contributed by atoms with E-state index < -0.39 is 11.8 Å². The van der Waals surface area contributed by atoms with Gasteiger partial charge in [0.15, 0.2) is 0 Å². The second-order valence-electron chi connectivity index (χ2n) is 5.10. The van der Waals surface area contributed by atoms with Crippen LogP contribution in [0.15, 0.2) is 18.2 Å². The Morgan fingerprint density at radius 3 is 2.61 bits per heavy atom. The summed E-state index contributed by atoms with van der Waals surface area (Å²) in [5.41, 5.74) is 0.533. The summed E-state index contributed by atoms with van der Waals surface area (Å²) in [5, 5.41) is 20.2. The minimum absolute atomic E-state index is 0.00635. The number of aliphatic carboxylic acids is 1. The van der Waals surface area contributed by atoms with Crippen LogP contribution in [0.4, 0.5) is 14.9 Å². The van der Waals surface area contributed by atoms with Gasteiger partial charge in [0.2, 0.25) is 0 Å². The van der Waals surface area contributed by atoms with Gasteiger partial charge in [-0.1, -0.05) is 6.07 Å². The first-order valence-electron chi connectivity index (χ1n) is 7.21. The number of nitrogens with zero attached hydrogens (tertiary/aromatic N) is 3. The molecule has 2 amide bonds. The quantitative estimate of drug-likeness (QED) is 0.863. The highest BCUT2D eigenvalue weighted by atomic mass is 19.1. The third-order valence-corrected chi connectivity index (χ3v) is 3.63. The van der Waals surface area contributed by atoms with Gasteiger partial charge < -0.3 is 20.2 Å². The molecule has 1 aliphatic rings. The van der Waals surface area contributed by atoms with Crippen molar-refractivity contribution in [3.63, 3.8) is 0 Å². The summed E-state index contributed by atoms with van der Waals surface area (Å²) >= 11 is 0. The monoisotopic (exact) mass is 320 g/mol. The van der Waals surface area contributed by atoms with Gasteiger partial charge in [-0.15, -0.1) is 0 Å². The summed E-state index contributed by atoms with van der Waals surface area (Å²) in [6.07, 6.45) is -0.124. The number of amides is 2. The van der Waals surface area contributed by atoms with Crippen molar-refractivity contribution in [3.05, 3.63) is 29.6 Å². The zero-order chi connectivity index (χ0) is 16.8. The summed E-state index contributed by atoms with van der Waals surface area (Å²) in [7, 11) is 0. The van der Waals surface area contributed by atoms with Gasteiger partial charge in [0.05, 0.1) is 12.1 Å². The molecule has 122 valence electrons. The molecule has 2 rings (SSSR count). The number of carboxylic acid groups (broad SMARTS) is 1. The van der Waals surface area contributed by atoms with E-state index in [0.29, 0.717) is 31.9 Å². The average Bonchev–Trinajstić information content (AvgIpc) is 2.54. The molecule has 1 fully saturated rings. The summed E-state index contributed by atoms with van der Waals surface area (Å²) in [6.45, 7) is 1.87. The lowest BCUT2D eigenvalue weighted by molar-refractivity contribution is -0.136. The SMILES string of the molecule is N#Cc1c(F)cccc1N1CCN(C(=O)NCCC(=O)O)CC1. The van der Waals surface area contributed by atoms with E-state index in [9.17, 15) is 14.0 Å². The minimum atomic E-state index is -0.967. The topological polar surface area (TPSA) is 96.7 Å². The second kappa shape index (κ2) is 7.45. The van der Waals surface area contributed by atoms with E-state index in [2.05, 4.69) is 5.32 Å². The van der Waals surface area contributed by atoms with Crippen LogP contribution in [0.1, 0.15) is 12.0 Å². The molecule has 0 aliphatic carbocycles. The Labute approximate surface area is 132 Å². The summed E-state index contributed by atoms with van der Waals surface area (Å²) in [4.78, 5) is 25.7. The molecule has 1 heterocycles. The molecule has 1 saturated heterocycles. The molecule has 23 heavy (non-hydrogen) atoms. The maximum atomic E-state index is 13.6. The molecule has 0 radical (unpaired) electrons. The number of hydrogen-bond donors (Lipinski definition) is 2. The number of urea groups is 1. The summed E-state index contributed by atoms with van der Waals surface area (Å²) in [6, 6.07) is 6.04. The van der Waals surface area contributed by atoms with E-state index in [1.54, 1.807) is 17.0 Å². The molecule has 0 atom stereocenters. The number of carbonyl (C=O) groups excluding carboxylic acids is 1. The smallest absolute Gasteiger partial charge is 0.317 e. The van der Waals surface area contributed by atoms with Crippen LogP contribution in [0.3, 0.4) is 0 Å². The van der Waals surface area contributed by atoms with Crippen LogP contribution in [0, 0.1) is 17.1 Å². The van der Waals surface area contributed by atoms with E-state index in [1.165, 1.54) is 6.07 Å². The Balaban J connectivity index is 1.92. The third kappa shape index (κ3) is 4.10. The fourth-order valence-corrected chi connectivity index (χ4v) is 2.43. The molecule has 0 bridgehead atoms. The highest BCUT2D eigenvalue weighted by Gasteiger charge is 2.23. The first kappa shape index (κ1) is 16.5. The lowest BCUT2D eigenvalue weighted by atomic mass is 10.1. The number of piperazine rings is 1. The van der Waals surface area contributed by atoms with Crippen LogP contribution in [0.5, 0.6) is 0 Å². The molecule has 0 aromatic heterocycles. The van der Waals surface area contributed by atoms with Gasteiger partial charge in [-0.3, -0.25) is 4.79 Å². The molecule has 1 aromatic carbocycles. The fraction of sp³-hybridized carbons (Fsp3) is 0.400. The third-order valence-electron chi connectivity index (χ3n) is 3.63. The van der Waals surface area contributed by atoms with Crippen molar-refractivity contribution in [3.8, 4) is 6.07 Å². The second-order valence-corrected chi connectivity index (χ2v) is 5.10. The van der Waals surface area contributed by atoms with E-state index in [-0.39, 0.29) is 24.6 Å². The number of anilines is 1. The molecular weight excluding hydrogens is 303 g/mol. The van der Waals surface area contributed by atoms with E-state index in [4.69, 9.17) is 10.4 Å². The van der Waals surface area contributed by atoms with Crippen molar-refractivity contribution < 1.29 is 19.1 Å². The highest BCUT2D eigenvalue weighted by molar-refractivity contribution is 5.75. The average molecular weight is 320 g/mol.